The minimum Gasteiger partial charge on any atom is -0.490 e. The molecule has 0 saturated carbocycles. The monoisotopic (exact) mass is 363 g/mol. The maximum atomic E-state index is 10.7. The minimum absolute atomic E-state index is 0. The van der Waals surface area contributed by atoms with E-state index in [1.807, 2.05) is 18.2 Å². The molecule has 1 aliphatic heterocycles. The van der Waals surface area contributed by atoms with Crippen molar-refractivity contribution in [3.63, 3.8) is 0 Å². The van der Waals surface area contributed by atoms with Crippen LogP contribution in [-0.4, -0.2) is 29.0 Å². The number of nitrogens with zero attached hydrogens (tertiary/aromatic N) is 2. The molecule has 3 rings (SSSR count). The number of anilines is 1. The van der Waals surface area contributed by atoms with Gasteiger partial charge in [0.25, 0.3) is 5.69 Å². The highest BCUT2D eigenvalue weighted by molar-refractivity contribution is 5.85. The van der Waals surface area contributed by atoms with Gasteiger partial charge in [-0.1, -0.05) is 12.1 Å². The second-order valence-electron chi connectivity index (χ2n) is 6.09. The van der Waals surface area contributed by atoms with E-state index < -0.39 is 4.92 Å². The second-order valence-corrected chi connectivity index (χ2v) is 6.09. The molecule has 0 spiro atoms. The SMILES string of the molecule is Cl.Nc1cccc(CN2CCC(Oc3ccc([N+](=O)[O-])cc3)CC2)c1. The van der Waals surface area contributed by atoms with E-state index in [1.165, 1.54) is 17.7 Å². The topological polar surface area (TPSA) is 81.6 Å². The molecule has 0 bridgehead atoms. The smallest absolute Gasteiger partial charge is 0.269 e. The van der Waals surface area contributed by atoms with E-state index in [2.05, 4.69) is 11.0 Å². The van der Waals surface area contributed by atoms with E-state index in [9.17, 15) is 10.1 Å². The maximum absolute atomic E-state index is 10.7. The Bertz CT molecular complexity index is 701. The molecule has 0 atom stereocenters. The summed E-state index contributed by atoms with van der Waals surface area (Å²) in [6.45, 7) is 2.83. The molecule has 6 nitrogen and oxygen atoms in total. The lowest BCUT2D eigenvalue weighted by Gasteiger charge is -2.32. The van der Waals surface area contributed by atoms with Gasteiger partial charge in [-0.25, -0.2) is 0 Å². The lowest BCUT2D eigenvalue weighted by molar-refractivity contribution is -0.384. The zero-order valence-electron chi connectivity index (χ0n) is 13.8. The van der Waals surface area contributed by atoms with Crippen molar-refractivity contribution in [3.05, 3.63) is 64.2 Å². The van der Waals surface area contributed by atoms with Crippen LogP contribution < -0.4 is 10.5 Å². The van der Waals surface area contributed by atoms with E-state index >= 15 is 0 Å². The number of likely N-dealkylation sites (tertiary alicyclic amines) is 1. The summed E-state index contributed by atoms with van der Waals surface area (Å²) in [5.41, 5.74) is 7.92. The summed E-state index contributed by atoms with van der Waals surface area (Å²) in [4.78, 5) is 12.6. The number of nitrogen functional groups attached to an aromatic ring is 1. The van der Waals surface area contributed by atoms with Crippen molar-refractivity contribution in [2.75, 3.05) is 18.8 Å². The molecule has 134 valence electrons. The Kier molecular flexibility index (Phi) is 6.61. The van der Waals surface area contributed by atoms with Gasteiger partial charge in [-0.2, -0.15) is 0 Å². The zero-order valence-corrected chi connectivity index (χ0v) is 14.7. The first-order chi connectivity index (χ1) is 11.6. The van der Waals surface area contributed by atoms with E-state index in [1.54, 1.807) is 12.1 Å². The summed E-state index contributed by atoms with van der Waals surface area (Å²) in [6.07, 6.45) is 2.04. The molecule has 2 N–H and O–H groups in total. The molecule has 1 heterocycles. The molecule has 0 aliphatic carbocycles. The van der Waals surface area contributed by atoms with E-state index in [-0.39, 0.29) is 24.2 Å². The summed E-state index contributed by atoms with van der Waals surface area (Å²) in [7, 11) is 0. The fraction of sp³-hybridized carbons (Fsp3) is 0.333. The summed E-state index contributed by atoms with van der Waals surface area (Å²) >= 11 is 0. The van der Waals surface area contributed by atoms with Gasteiger partial charge in [-0.3, -0.25) is 15.0 Å². The lowest BCUT2D eigenvalue weighted by atomic mass is 10.1. The fourth-order valence-electron chi connectivity index (χ4n) is 2.97. The Morgan fingerprint density at radius 2 is 1.84 bits per heavy atom. The van der Waals surface area contributed by atoms with E-state index in [0.717, 1.165) is 38.2 Å². The molecule has 2 aromatic rings. The number of hydrogen-bond acceptors (Lipinski definition) is 5. The Balaban J connectivity index is 0.00000225. The van der Waals surface area contributed by atoms with Gasteiger partial charge in [0.1, 0.15) is 11.9 Å². The summed E-state index contributed by atoms with van der Waals surface area (Å²) < 4.78 is 5.94. The number of benzene rings is 2. The molecule has 7 heteroatoms. The van der Waals surface area contributed by atoms with Crippen molar-refractivity contribution < 1.29 is 9.66 Å². The Labute approximate surface area is 153 Å². The fourth-order valence-corrected chi connectivity index (χ4v) is 2.97. The number of nitrogens with two attached hydrogens (primary N) is 1. The Morgan fingerprint density at radius 3 is 2.44 bits per heavy atom. The van der Waals surface area contributed by atoms with Crippen LogP contribution in [0.15, 0.2) is 48.5 Å². The molecule has 2 aromatic carbocycles. The third-order valence-electron chi connectivity index (χ3n) is 4.24. The Morgan fingerprint density at radius 1 is 1.16 bits per heavy atom. The summed E-state index contributed by atoms with van der Waals surface area (Å²) in [6, 6.07) is 14.3. The predicted octanol–water partition coefficient (Wildman–Crippen LogP) is 3.64. The van der Waals surface area contributed by atoms with Gasteiger partial charge in [0, 0.05) is 37.5 Å². The molecule has 1 saturated heterocycles. The van der Waals surface area contributed by atoms with Crippen molar-refractivity contribution in [2.45, 2.75) is 25.5 Å². The molecule has 1 fully saturated rings. The second kappa shape index (κ2) is 8.69. The van der Waals surface area contributed by atoms with Gasteiger partial charge < -0.3 is 10.5 Å². The average Bonchev–Trinajstić information content (AvgIpc) is 2.57. The van der Waals surface area contributed by atoms with Crippen molar-refractivity contribution >= 4 is 23.8 Å². The predicted molar refractivity (Wildman–Crippen MR) is 100 cm³/mol. The van der Waals surface area contributed by atoms with Crippen molar-refractivity contribution in [1.82, 2.24) is 4.90 Å². The maximum Gasteiger partial charge on any atom is 0.269 e. The highest BCUT2D eigenvalue weighted by atomic mass is 35.5. The third-order valence-corrected chi connectivity index (χ3v) is 4.24. The van der Waals surface area contributed by atoms with Crippen LogP contribution in [0.5, 0.6) is 5.75 Å². The molecule has 0 aromatic heterocycles. The van der Waals surface area contributed by atoms with Gasteiger partial charge >= 0.3 is 0 Å². The summed E-state index contributed by atoms with van der Waals surface area (Å²) in [5.74, 6) is 0.690. The number of hydrogen-bond donors (Lipinski definition) is 1. The highest BCUT2D eigenvalue weighted by Gasteiger charge is 2.20. The van der Waals surface area contributed by atoms with E-state index in [4.69, 9.17) is 10.5 Å². The van der Waals surface area contributed by atoms with Crippen LogP contribution in [0.1, 0.15) is 18.4 Å². The van der Waals surface area contributed by atoms with Gasteiger partial charge in [-0.15, -0.1) is 12.4 Å². The normalized spacial score (nSPS) is 15.4. The minimum atomic E-state index is -0.404. The number of ether oxygens (including phenoxy) is 1. The molecular formula is C18H22ClN3O3. The van der Waals surface area contributed by atoms with Gasteiger partial charge in [0.05, 0.1) is 4.92 Å². The average molecular weight is 364 g/mol. The lowest BCUT2D eigenvalue weighted by Crippen LogP contribution is -2.37. The number of rotatable bonds is 5. The highest BCUT2D eigenvalue weighted by Crippen LogP contribution is 2.22. The van der Waals surface area contributed by atoms with Crippen LogP contribution in [0.3, 0.4) is 0 Å². The summed E-state index contributed by atoms with van der Waals surface area (Å²) in [5, 5.41) is 10.7. The molecule has 0 amide bonds. The van der Waals surface area contributed by atoms with Crippen molar-refractivity contribution in [2.24, 2.45) is 0 Å². The standard InChI is InChI=1S/C18H21N3O3.ClH/c19-15-3-1-2-14(12-15)13-20-10-8-18(9-11-20)24-17-6-4-16(5-7-17)21(22)23;/h1-7,12,18H,8-11,13,19H2;1H. The zero-order chi connectivity index (χ0) is 16.9. The van der Waals surface area contributed by atoms with Crippen LogP contribution in [-0.2, 0) is 6.54 Å². The first-order valence-electron chi connectivity index (χ1n) is 8.08. The molecular weight excluding hydrogens is 342 g/mol. The van der Waals surface area contributed by atoms with Gasteiger partial charge in [0.2, 0.25) is 0 Å². The van der Waals surface area contributed by atoms with Crippen molar-refractivity contribution in [1.29, 1.82) is 0 Å². The number of non-ortho nitro benzene ring substituents is 1. The van der Waals surface area contributed by atoms with Gasteiger partial charge in [0.15, 0.2) is 0 Å². The van der Waals surface area contributed by atoms with E-state index in [0.29, 0.717) is 5.75 Å². The van der Waals surface area contributed by atoms with Crippen molar-refractivity contribution in [3.8, 4) is 5.75 Å². The van der Waals surface area contributed by atoms with Crippen LogP contribution in [0.4, 0.5) is 11.4 Å². The number of nitro benzene ring substituents is 1. The third kappa shape index (κ3) is 5.34. The Hall–Kier alpha value is -2.31. The largest absolute Gasteiger partial charge is 0.490 e. The molecule has 25 heavy (non-hydrogen) atoms. The number of halogens is 1. The number of nitro groups is 1. The van der Waals surface area contributed by atoms with Crippen LogP contribution in [0.25, 0.3) is 0 Å². The first-order valence-corrected chi connectivity index (χ1v) is 8.08. The quantitative estimate of drug-likeness (QED) is 0.498. The van der Waals surface area contributed by atoms with Crippen LogP contribution >= 0.6 is 12.4 Å². The number of piperidine rings is 1. The van der Waals surface area contributed by atoms with Crippen LogP contribution in [0.2, 0.25) is 0 Å². The van der Waals surface area contributed by atoms with Gasteiger partial charge in [-0.05, 0) is 42.7 Å². The molecule has 0 unspecified atom stereocenters. The molecule has 0 radical (unpaired) electrons. The van der Waals surface area contributed by atoms with Crippen LogP contribution in [0, 0.1) is 10.1 Å². The molecule has 1 aliphatic rings. The first kappa shape index (κ1) is 19.0.